The first-order valence-corrected chi connectivity index (χ1v) is 7.88. The van der Waals surface area contributed by atoms with Crippen molar-refractivity contribution >= 4 is 5.91 Å². The molecular formula is C16H25N5O. The van der Waals surface area contributed by atoms with Gasteiger partial charge in [0, 0.05) is 36.7 Å². The minimum Gasteiger partial charge on any atom is -0.350 e. The van der Waals surface area contributed by atoms with Crippen LogP contribution < -0.4 is 5.32 Å². The van der Waals surface area contributed by atoms with Gasteiger partial charge in [-0.2, -0.15) is 10.2 Å². The lowest BCUT2D eigenvalue weighted by Gasteiger charge is -2.15. The largest absolute Gasteiger partial charge is 0.350 e. The number of nitrogens with one attached hydrogen (secondary N) is 1. The topological polar surface area (TPSA) is 64.7 Å². The number of hydrogen-bond acceptors (Lipinski definition) is 3. The molecule has 1 atom stereocenters. The van der Waals surface area contributed by atoms with Crippen LogP contribution in [0.15, 0.2) is 18.5 Å². The predicted octanol–water partition coefficient (Wildman–Crippen LogP) is 2.37. The van der Waals surface area contributed by atoms with Gasteiger partial charge in [0.2, 0.25) is 5.91 Å². The molecule has 0 spiro atoms. The highest BCUT2D eigenvalue weighted by atomic mass is 16.2. The molecule has 2 aromatic rings. The Kier molecular flexibility index (Phi) is 5.35. The minimum atomic E-state index is -0.263. The summed E-state index contributed by atoms with van der Waals surface area (Å²) in [6.07, 6.45) is 5.27. The molecule has 2 heterocycles. The van der Waals surface area contributed by atoms with Crippen molar-refractivity contribution in [2.24, 2.45) is 0 Å². The second-order valence-electron chi connectivity index (χ2n) is 5.50. The molecule has 6 heteroatoms. The number of aryl methyl sites for hydroxylation is 2. The van der Waals surface area contributed by atoms with E-state index in [9.17, 15) is 4.79 Å². The molecule has 0 saturated carbocycles. The van der Waals surface area contributed by atoms with E-state index in [4.69, 9.17) is 0 Å². The molecule has 0 aliphatic heterocycles. The van der Waals surface area contributed by atoms with Crippen LogP contribution in [-0.2, 0) is 17.9 Å². The summed E-state index contributed by atoms with van der Waals surface area (Å²) in [6.45, 7) is 9.59. The van der Waals surface area contributed by atoms with Gasteiger partial charge < -0.3 is 5.32 Å². The lowest BCUT2D eigenvalue weighted by atomic mass is 10.1. The maximum Gasteiger partial charge on any atom is 0.245 e. The monoisotopic (exact) mass is 303 g/mol. The number of amides is 1. The Hall–Kier alpha value is -2.11. The van der Waals surface area contributed by atoms with E-state index in [1.54, 1.807) is 10.9 Å². The van der Waals surface area contributed by atoms with Crippen molar-refractivity contribution in [3.63, 3.8) is 0 Å². The SMILES string of the molecule is CCCn1nc(C)c(CNC(=O)[C@H](CC)n2cccn2)c1C. The van der Waals surface area contributed by atoms with E-state index in [0.717, 1.165) is 29.9 Å². The Morgan fingerprint density at radius 3 is 2.73 bits per heavy atom. The molecule has 0 aliphatic carbocycles. The summed E-state index contributed by atoms with van der Waals surface area (Å²) in [5.74, 6) is -0.00626. The first-order chi connectivity index (χ1) is 10.6. The van der Waals surface area contributed by atoms with Gasteiger partial charge in [0.25, 0.3) is 0 Å². The molecule has 2 rings (SSSR count). The third-order valence-electron chi connectivity index (χ3n) is 3.94. The lowest BCUT2D eigenvalue weighted by molar-refractivity contribution is -0.124. The third kappa shape index (κ3) is 3.37. The lowest BCUT2D eigenvalue weighted by Crippen LogP contribution is -2.32. The Balaban J connectivity index is 2.05. The molecular weight excluding hydrogens is 278 g/mol. The van der Waals surface area contributed by atoms with Crippen molar-refractivity contribution in [2.45, 2.75) is 59.7 Å². The normalized spacial score (nSPS) is 12.4. The van der Waals surface area contributed by atoms with Crippen molar-refractivity contribution in [2.75, 3.05) is 0 Å². The molecule has 6 nitrogen and oxygen atoms in total. The Morgan fingerprint density at radius 2 is 2.14 bits per heavy atom. The molecule has 0 saturated heterocycles. The van der Waals surface area contributed by atoms with E-state index in [1.165, 1.54) is 0 Å². The van der Waals surface area contributed by atoms with Gasteiger partial charge in [-0.25, -0.2) is 0 Å². The van der Waals surface area contributed by atoms with Gasteiger partial charge in [-0.1, -0.05) is 13.8 Å². The summed E-state index contributed by atoms with van der Waals surface area (Å²) in [6, 6.07) is 1.57. The van der Waals surface area contributed by atoms with Gasteiger partial charge in [0.1, 0.15) is 6.04 Å². The van der Waals surface area contributed by atoms with E-state index < -0.39 is 0 Å². The summed E-state index contributed by atoms with van der Waals surface area (Å²) in [7, 11) is 0. The third-order valence-corrected chi connectivity index (χ3v) is 3.94. The molecule has 2 aromatic heterocycles. The standard InChI is InChI=1S/C16H25N5O/c1-5-9-20-13(4)14(12(3)19-20)11-17-16(22)15(6-2)21-10-7-8-18-21/h7-8,10,15H,5-6,9,11H2,1-4H3,(H,17,22)/t15-/m0/s1. The van der Waals surface area contributed by atoms with Gasteiger partial charge >= 0.3 is 0 Å². The van der Waals surface area contributed by atoms with E-state index in [2.05, 4.69) is 29.4 Å². The van der Waals surface area contributed by atoms with Crippen LogP contribution in [0.4, 0.5) is 0 Å². The fourth-order valence-corrected chi connectivity index (χ4v) is 2.67. The zero-order valence-electron chi connectivity index (χ0n) is 13.8. The number of carbonyl (C=O) groups is 1. The first kappa shape index (κ1) is 16.3. The number of nitrogens with zero attached hydrogens (tertiary/aromatic N) is 4. The van der Waals surface area contributed by atoms with Crippen LogP contribution in [0.25, 0.3) is 0 Å². The molecule has 0 bridgehead atoms. The van der Waals surface area contributed by atoms with Crippen molar-refractivity contribution < 1.29 is 4.79 Å². The molecule has 0 aromatic carbocycles. The van der Waals surface area contributed by atoms with Crippen LogP contribution in [0, 0.1) is 13.8 Å². The minimum absolute atomic E-state index is 0.00626. The van der Waals surface area contributed by atoms with Gasteiger partial charge in [-0.05, 0) is 32.8 Å². The van der Waals surface area contributed by atoms with Crippen molar-refractivity contribution in [3.05, 3.63) is 35.4 Å². The molecule has 120 valence electrons. The van der Waals surface area contributed by atoms with Gasteiger partial charge in [-0.15, -0.1) is 0 Å². The molecule has 0 fully saturated rings. The Labute approximate surface area is 131 Å². The number of rotatable bonds is 7. The zero-order chi connectivity index (χ0) is 16.1. The first-order valence-electron chi connectivity index (χ1n) is 7.88. The second kappa shape index (κ2) is 7.24. The van der Waals surface area contributed by atoms with Crippen LogP contribution in [0.5, 0.6) is 0 Å². The maximum atomic E-state index is 12.4. The Morgan fingerprint density at radius 1 is 1.36 bits per heavy atom. The summed E-state index contributed by atoms with van der Waals surface area (Å²) in [5, 5.41) is 11.7. The number of aromatic nitrogens is 4. The fraction of sp³-hybridized carbons (Fsp3) is 0.562. The smallest absolute Gasteiger partial charge is 0.245 e. The highest BCUT2D eigenvalue weighted by molar-refractivity contribution is 5.80. The average molecular weight is 303 g/mol. The zero-order valence-corrected chi connectivity index (χ0v) is 13.8. The average Bonchev–Trinajstić information content (AvgIpc) is 3.09. The van der Waals surface area contributed by atoms with E-state index in [0.29, 0.717) is 13.0 Å². The van der Waals surface area contributed by atoms with Crippen molar-refractivity contribution in [1.82, 2.24) is 24.9 Å². The molecule has 0 radical (unpaired) electrons. The number of carbonyl (C=O) groups excluding carboxylic acids is 1. The van der Waals surface area contributed by atoms with Crippen LogP contribution in [0.2, 0.25) is 0 Å². The van der Waals surface area contributed by atoms with E-state index in [-0.39, 0.29) is 11.9 Å². The highest BCUT2D eigenvalue weighted by Gasteiger charge is 2.19. The maximum absolute atomic E-state index is 12.4. The summed E-state index contributed by atoms with van der Waals surface area (Å²) in [4.78, 5) is 12.4. The molecule has 1 N–H and O–H groups in total. The quantitative estimate of drug-likeness (QED) is 0.854. The fourth-order valence-electron chi connectivity index (χ4n) is 2.67. The van der Waals surface area contributed by atoms with Crippen molar-refractivity contribution in [3.8, 4) is 0 Å². The summed E-state index contributed by atoms with van der Waals surface area (Å²) in [5.41, 5.74) is 3.22. The van der Waals surface area contributed by atoms with Crippen LogP contribution in [0.1, 0.15) is 49.7 Å². The number of hydrogen-bond donors (Lipinski definition) is 1. The van der Waals surface area contributed by atoms with Crippen LogP contribution in [-0.4, -0.2) is 25.5 Å². The van der Waals surface area contributed by atoms with E-state index >= 15 is 0 Å². The van der Waals surface area contributed by atoms with Crippen LogP contribution >= 0.6 is 0 Å². The predicted molar refractivity (Wildman–Crippen MR) is 85.4 cm³/mol. The second-order valence-corrected chi connectivity index (χ2v) is 5.50. The van der Waals surface area contributed by atoms with Gasteiger partial charge in [0.15, 0.2) is 0 Å². The highest BCUT2D eigenvalue weighted by Crippen LogP contribution is 2.15. The summed E-state index contributed by atoms with van der Waals surface area (Å²) >= 11 is 0. The van der Waals surface area contributed by atoms with Gasteiger partial charge in [-0.3, -0.25) is 14.2 Å². The summed E-state index contributed by atoms with van der Waals surface area (Å²) < 4.78 is 3.72. The Bertz CT molecular complexity index is 615. The molecule has 0 aliphatic rings. The molecule has 22 heavy (non-hydrogen) atoms. The van der Waals surface area contributed by atoms with Crippen LogP contribution in [0.3, 0.4) is 0 Å². The van der Waals surface area contributed by atoms with Crippen molar-refractivity contribution in [1.29, 1.82) is 0 Å². The van der Waals surface area contributed by atoms with E-state index in [1.807, 2.05) is 30.8 Å². The molecule has 0 unspecified atom stereocenters. The van der Waals surface area contributed by atoms with Gasteiger partial charge in [0.05, 0.1) is 5.69 Å². The molecule has 1 amide bonds.